The standard InChI is InChI=1S/C19H20Cl2N2O5S2/c20-14-4-6-16(7-5-14)29(25,26)18-9-11-23(13-18)19(24)8-10-22-30(27,28)17-3-1-2-15(21)12-17/h1-7,12,18,22H,8-11,13H2. The highest BCUT2D eigenvalue weighted by molar-refractivity contribution is 7.92. The Balaban J connectivity index is 1.55. The maximum absolute atomic E-state index is 12.8. The largest absolute Gasteiger partial charge is 0.341 e. The molecule has 1 heterocycles. The average molecular weight is 491 g/mol. The number of likely N-dealkylation sites (tertiary alicyclic amines) is 1. The summed E-state index contributed by atoms with van der Waals surface area (Å²) in [6.07, 6.45) is 0.248. The van der Waals surface area contributed by atoms with Gasteiger partial charge in [0.15, 0.2) is 9.84 Å². The van der Waals surface area contributed by atoms with Crippen LogP contribution in [0, 0.1) is 0 Å². The summed E-state index contributed by atoms with van der Waals surface area (Å²) < 4.78 is 52.4. The Hall–Kier alpha value is -1.65. The number of amides is 1. The average Bonchev–Trinajstić information content (AvgIpc) is 3.19. The smallest absolute Gasteiger partial charge is 0.240 e. The predicted molar refractivity (Wildman–Crippen MR) is 115 cm³/mol. The third-order valence-electron chi connectivity index (χ3n) is 4.82. The Bertz CT molecular complexity index is 1140. The van der Waals surface area contributed by atoms with Crippen molar-refractivity contribution in [2.24, 2.45) is 0 Å². The van der Waals surface area contributed by atoms with Crippen LogP contribution in [0.15, 0.2) is 58.3 Å². The molecule has 0 bridgehead atoms. The van der Waals surface area contributed by atoms with E-state index in [9.17, 15) is 21.6 Å². The monoisotopic (exact) mass is 490 g/mol. The third-order valence-corrected chi connectivity index (χ3v) is 8.95. The van der Waals surface area contributed by atoms with Crippen LogP contribution in [0.25, 0.3) is 0 Å². The van der Waals surface area contributed by atoms with Gasteiger partial charge < -0.3 is 4.90 Å². The number of hydrogen-bond donors (Lipinski definition) is 1. The minimum Gasteiger partial charge on any atom is -0.341 e. The van der Waals surface area contributed by atoms with Crippen LogP contribution >= 0.6 is 23.2 Å². The lowest BCUT2D eigenvalue weighted by Gasteiger charge is -2.17. The second kappa shape index (κ2) is 9.23. The van der Waals surface area contributed by atoms with Crippen molar-refractivity contribution in [3.05, 3.63) is 58.6 Å². The van der Waals surface area contributed by atoms with Crippen molar-refractivity contribution in [2.45, 2.75) is 27.9 Å². The molecule has 0 aromatic heterocycles. The summed E-state index contributed by atoms with van der Waals surface area (Å²) >= 11 is 11.6. The van der Waals surface area contributed by atoms with E-state index in [1.807, 2.05) is 0 Å². The number of carbonyl (C=O) groups is 1. The Morgan fingerprint density at radius 2 is 1.70 bits per heavy atom. The highest BCUT2D eigenvalue weighted by Gasteiger charge is 2.36. The van der Waals surface area contributed by atoms with Gasteiger partial charge in [0.05, 0.1) is 15.0 Å². The molecule has 162 valence electrons. The number of halogens is 2. The van der Waals surface area contributed by atoms with Crippen molar-refractivity contribution < 1.29 is 21.6 Å². The molecule has 0 spiro atoms. The van der Waals surface area contributed by atoms with Crippen LogP contribution in [-0.2, 0) is 24.7 Å². The number of nitrogens with one attached hydrogen (secondary N) is 1. The molecule has 1 N–H and O–H groups in total. The fourth-order valence-corrected chi connectivity index (χ4v) is 6.34. The summed E-state index contributed by atoms with van der Waals surface area (Å²) in [7, 11) is -7.37. The maximum atomic E-state index is 12.8. The first-order chi connectivity index (χ1) is 14.1. The second-order valence-electron chi connectivity index (χ2n) is 6.85. The lowest BCUT2D eigenvalue weighted by Crippen LogP contribution is -2.34. The van der Waals surface area contributed by atoms with Gasteiger partial charge in [0, 0.05) is 36.1 Å². The fourth-order valence-electron chi connectivity index (χ4n) is 3.19. The summed E-state index contributed by atoms with van der Waals surface area (Å²) in [6, 6.07) is 11.7. The Kier molecular flexibility index (Phi) is 7.09. The number of sulfone groups is 1. The van der Waals surface area contributed by atoms with E-state index in [0.29, 0.717) is 23.0 Å². The van der Waals surface area contributed by atoms with Crippen LogP contribution in [0.5, 0.6) is 0 Å². The van der Waals surface area contributed by atoms with E-state index in [1.54, 1.807) is 6.07 Å². The molecule has 3 rings (SSSR count). The molecule has 0 aliphatic carbocycles. The van der Waals surface area contributed by atoms with E-state index >= 15 is 0 Å². The summed E-state index contributed by atoms with van der Waals surface area (Å²) in [6.45, 7) is 0.279. The van der Waals surface area contributed by atoms with Crippen LogP contribution in [0.3, 0.4) is 0 Å². The molecule has 1 unspecified atom stereocenters. The number of nitrogens with zero attached hydrogens (tertiary/aromatic N) is 1. The molecular weight excluding hydrogens is 471 g/mol. The molecule has 11 heteroatoms. The molecule has 2 aromatic rings. The normalized spacial score (nSPS) is 17.3. The van der Waals surface area contributed by atoms with E-state index in [2.05, 4.69) is 4.72 Å². The van der Waals surface area contributed by atoms with E-state index in [-0.39, 0.29) is 35.2 Å². The molecule has 1 aliphatic rings. The predicted octanol–water partition coefficient (Wildman–Crippen LogP) is 2.74. The van der Waals surface area contributed by atoms with Crippen molar-refractivity contribution in [2.75, 3.05) is 19.6 Å². The van der Waals surface area contributed by atoms with Gasteiger partial charge in [0.2, 0.25) is 15.9 Å². The van der Waals surface area contributed by atoms with E-state index in [0.717, 1.165) is 0 Å². The molecule has 2 aromatic carbocycles. The van der Waals surface area contributed by atoms with Gasteiger partial charge in [-0.25, -0.2) is 21.6 Å². The fraction of sp³-hybridized carbons (Fsp3) is 0.316. The van der Waals surface area contributed by atoms with Crippen LogP contribution in [0.2, 0.25) is 10.0 Å². The topological polar surface area (TPSA) is 101 Å². The minimum atomic E-state index is -3.79. The molecule has 1 fully saturated rings. The molecule has 1 aliphatic heterocycles. The Labute approximate surface area is 186 Å². The molecular formula is C19H20Cl2N2O5S2. The van der Waals surface area contributed by atoms with Gasteiger partial charge in [-0.15, -0.1) is 0 Å². The van der Waals surface area contributed by atoms with Gasteiger partial charge in [0.1, 0.15) is 0 Å². The molecule has 7 nitrogen and oxygen atoms in total. The van der Waals surface area contributed by atoms with Crippen molar-refractivity contribution in [1.82, 2.24) is 9.62 Å². The summed E-state index contributed by atoms with van der Waals surface area (Å²) in [5, 5.41) is 0.0298. The molecule has 1 amide bonds. The van der Waals surface area contributed by atoms with Crippen molar-refractivity contribution in [1.29, 1.82) is 0 Å². The zero-order chi connectivity index (χ0) is 21.9. The zero-order valence-corrected chi connectivity index (χ0v) is 18.9. The maximum Gasteiger partial charge on any atom is 0.240 e. The summed E-state index contributed by atoms with van der Waals surface area (Å²) in [5.74, 6) is -0.308. The number of hydrogen-bond acceptors (Lipinski definition) is 5. The molecule has 30 heavy (non-hydrogen) atoms. The highest BCUT2D eigenvalue weighted by Crippen LogP contribution is 2.25. The SMILES string of the molecule is O=C(CCNS(=O)(=O)c1cccc(Cl)c1)N1CCC(S(=O)(=O)c2ccc(Cl)cc2)C1. The zero-order valence-electron chi connectivity index (χ0n) is 15.8. The molecule has 0 saturated carbocycles. The first-order valence-corrected chi connectivity index (χ1v) is 12.9. The van der Waals surface area contributed by atoms with Gasteiger partial charge in [-0.1, -0.05) is 29.3 Å². The lowest BCUT2D eigenvalue weighted by atomic mass is 10.4. The van der Waals surface area contributed by atoms with Crippen LogP contribution in [0.1, 0.15) is 12.8 Å². The quantitative estimate of drug-likeness (QED) is 0.642. The number of rotatable bonds is 7. The summed E-state index contributed by atoms with van der Waals surface area (Å²) in [4.78, 5) is 14.1. The van der Waals surface area contributed by atoms with Crippen molar-refractivity contribution in [3.8, 4) is 0 Å². The van der Waals surface area contributed by atoms with E-state index in [1.165, 1.54) is 47.4 Å². The first-order valence-electron chi connectivity index (χ1n) is 9.12. The van der Waals surface area contributed by atoms with Crippen LogP contribution < -0.4 is 4.72 Å². The van der Waals surface area contributed by atoms with Gasteiger partial charge >= 0.3 is 0 Å². The number of sulfonamides is 1. The molecule has 1 saturated heterocycles. The van der Waals surface area contributed by atoms with Gasteiger partial charge in [-0.2, -0.15) is 0 Å². The van der Waals surface area contributed by atoms with E-state index < -0.39 is 25.1 Å². The highest BCUT2D eigenvalue weighted by atomic mass is 35.5. The Morgan fingerprint density at radius 1 is 1.00 bits per heavy atom. The van der Waals surface area contributed by atoms with Gasteiger partial charge in [-0.3, -0.25) is 4.79 Å². The number of carbonyl (C=O) groups excluding carboxylic acids is 1. The van der Waals surface area contributed by atoms with Crippen LogP contribution in [0.4, 0.5) is 0 Å². The second-order valence-corrected chi connectivity index (χ2v) is 11.7. The third kappa shape index (κ3) is 5.33. The first kappa shape index (κ1) is 23.0. The molecule has 1 atom stereocenters. The van der Waals surface area contributed by atoms with Crippen LogP contribution in [-0.4, -0.2) is 52.5 Å². The summed E-state index contributed by atoms with van der Waals surface area (Å²) in [5.41, 5.74) is 0. The van der Waals surface area contributed by atoms with Crippen molar-refractivity contribution >= 4 is 49.0 Å². The molecule has 0 radical (unpaired) electrons. The Morgan fingerprint density at radius 3 is 2.37 bits per heavy atom. The number of benzene rings is 2. The van der Waals surface area contributed by atoms with Gasteiger partial charge in [0.25, 0.3) is 0 Å². The minimum absolute atomic E-state index is 0.0118. The lowest BCUT2D eigenvalue weighted by molar-refractivity contribution is -0.129. The van der Waals surface area contributed by atoms with E-state index in [4.69, 9.17) is 23.2 Å². The van der Waals surface area contributed by atoms with Gasteiger partial charge in [-0.05, 0) is 48.9 Å². The van der Waals surface area contributed by atoms with Crippen molar-refractivity contribution in [3.63, 3.8) is 0 Å².